The summed E-state index contributed by atoms with van der Waals surface area (Å²) in [4.78, 5) is 18.8. The summed E-state index contributed by atoms with van der Waals surface area (Å²) in [6.45, 7) is 0. The van der Waals surface area contributed by atoms with Crippen LogP contribution in [0.3, 0.4) is 0 Å². The van der Waals surface area contributed by atoms with E-state index in [2.05, 4.69) is 122 Å². The van der Waals surface area contributed by atoms with Gasteiger partial charge in [-0.25, -0.2) is 9.97 Å². The van der Waals surface area contributed by atoms with Crippen LogP contribution in [0.15, 0.2) is 146 Å². The molecular weight excluding hydrogens is 645 g/mol. The smallest absolute Gasteiger partial charge is 0.159 e. The molecular formula is C44H28N6S. The number of hydrogen-bond acceptors (Lipinski definition) is 5. The molecule has 6 aromatic heterocycles. The number of rotatable bonds is 4. The molecule has 1 aliphatic carbocycles. The molecule has 0 fully saturated rings. The Hall–Kier alpha value is -6.44. The molecule has 0 spiro atoms. The highest BCUT2D eigenvalue weighted by molar-refractivity contribution is 7.25. The van der Waals surface area contributed by atoms with E-state index < -0.39 is 0 Å². The van der Waals surface area contributed by atoms with Gasteiger partial charge in [-0.2, -0.15) is 0 Å². The van der Waals surface area contributed by atoms with Crippen LogP contribution in [0.4, 0.5) is 0 Å². The molecule has 6 heterocycles. The second-order valence-electron chi connectivity index (χ2n) is 13.0. The van der Waals surface area contributed by atoms with Gasteiger partial charge in [0.05, 0.1) is 33.1 Å². The molecule has 0 unspecified atom stereocenters. The maximum absolute atomic E-state index is 4.93. The molecule has 10 aromatic rings. The molecule has 1 aliphatic rings. The topological polar surface area (TPSA) is 61.4 Å². The van der Waals surface area contributed by atoms with E-state index in [0.717, 1.165) is 85.1 Å². The number of para-hydroxylation sites is 1. The van der Waals surface area contributed by atoms with E-state index in [1.54, 1.807) is 0 Å². The van der Waals surface area contributed by atoms with Crippen LogP contribution in [0.5, 0.6) is 0 Å². The van der Waals surface area contributed by atoms with Crippen molar-refractivity contribution in [2.45, 2.75) is 12.8 Å². The fourth-order valence-electron chi connectivity index (χ4n) is 7.97. The van der Waals surface area contributed by atoms with Crippen LogP contribution < -0.4 is 0 Å². The molecule has 0 N–H and O–H groups in total. The Morgan fingerprint density at radius 2 is 1.04 bits per heavy atom. The minimum Gasteiger partial charge on any atom is -0.308 e. The Morgan fingerprint density at radius 3 is 1.75 bits per heavy atom. The van der Waals surface area contributed by atoms with Crippen LogP contribution in [-0.2, 0) is 0 Å². The van der Waals surface area contributed by atoms with Crippen LogP contribution in [0.25, 0.3) is 86.6 Å². The lowest BCUT2D eigenvalue weighted by molar-refractivity contribution is 1.03. The largest absolute Gasteiger partial charge is 0.308 e. The summed E-state index contributed by atoms with van der Waals surface area (Å²) in [5.41, 5.74) is 12.2. The zero-order valence-corrected chi connectivity index (χ0v) is 28.2. The maximum atomic E-state index is 4.93. The standard InChI is InChI=1S/C44H28N6S/c1-2-9-31(44-47-22-7-23-48-44)30(8-1)27-14-17-37-35(24-27)43-39(13-6-21-46-43)50(37)29-16-19-41-34(26-29)33-25-28(15-18-40(33)51-41)49-36-11-4-3-10-32(36)42-38(49)12-5-20-45-42/h3-26H,1-2H2. The lowest BCUT2D eigenvalue weighted by Gasteiger charge is -2.16. The number of pyridine rings is 2. The Bertz CT molecular complexity index is 3040. The summed E-state index contributed by atoms with van der Waals surface area (Å²) in [7, 11) is 0. The van der Waals surface area contributed by atoms with Crippen LogP contribution in [0.2, 0.25) is 0 Å². The van der Waals surface area contributed by atoms with Gasteiger partial charge in [-0.05, 0) is 109 Å². The molecule has 0 saturated heterocycles. The fourth-order valence-corrected chi connectivity index (χ4v) is 9.04. The number of allylic oxidation sites excluding steroid dienone is 4. The van der Waals surface area contributed by atoms with E-state index in [4.69, 9.17) is 9.97 Å². The molecule has 240 valence electrons. The number of fused-ring (bicyclic) bond motifs is 9. The van der Waals surface area contributed by atoms with Crippen LogP contribution in [0.1, 0.15) is 24.2 Å². The maximum Gasteiger partial charge on any atom is 0.159 e. The first-order chi connectivity index (χ1) is 25.3. The summed E-state index contributed by atoms with van der Waals surface area (Å²) in [6, 6.07) is 39.3. The third-order valence-corrected chi connectivity index (χ3v) is 11.3. The van der Waals surface area contributed by atoms with E-state index >= 15 is 0 Å². The highest BCUT2D eigenvalue weighted by Gasteiger charge is 2.20. The Labute approximate surface area is 296 Å². The van der Waals surface area contributed by atoms with Gasteiger partial charge in [-0.15, -0.1) is 11.3 Å². The van der Waals surface area contributed by atoms with Crippen molar-refractivity contribution in [3.05, 3.63) is 158 Å². The molecule has 51 heavy (non-hydrogen) atoms. The molecule has 0 bridgehead atoms. The van der Waals surface area contributed by atoms with E-state index in [1.165, 1.54) is 25.7 Å². The van der Waals surface area contributed by atoms with Gasteiger partial charge >= 0.3 is 0 Å². The van der Waals surface area contributed by atoms with Crippen molar-refractivity contribution < 1.29 is 0 Å². The lowest BCUT2D eigenvalue weighted by Crippen LogP contribution is -1.99. The second-order valence-corrected chi connectivity index (χ2v) is 14.1. The van der Waals surface area contributed by atoms with Crippen molar-refractivity contribution in [2.75, 3.05) is 0 Å². The van der Waals surface area contributed by atoms with Crippen molar-refractivity contribution in [1.29, 1.82) is 0 Å². The van der Waals surface area contributed by atoms with Crippen LogP contribution in [0, 0.1) is 0 Å². The predicted octanol–water partition coefficient (Wildman–Crippen LogP) is 11.1. The van der Waals surface area contributed by atoms with Crippen LogP contribution >= 0.6 is 11.3 Å². The number of benzene rings is 4. The summed E-state index contributed by atoms with van der Waals surface area (Å²) in [5, 5.41) is 4.78. The minimum atomic E-state index is 0.762. The average molecular weight is 673 g/mol. The molecule has 7 heteroatoms. The zero-order valence-electron chi connectivity index (χ0n) is 27.4. The van der Waals surface area contributed by atoms with Gasteiger partial charge in [-0.3, -0.25) is 9.97 Å². The Kier molecular flexibility index (Phi) is 6.15. The third-order valence-electron chi connectivity index (χ3n) is 10.2. The highest BCUT2D eigenvalue weighted by Crippen LogP contribution is 2.41. The molecule has 0 aliphatic heterocycles. The Balaban J connectivity index is 1.09. The summed E-state index contributed by atoms with van der Waals surface area (Å²) in [5.74, 6) is 0.762. The number of aromatic nitrogens is 6. The molecule has 6 nitrogen and oxygen atoms in total. The molecule has 0 atom stereocenters. The van der Waals surface area contributed by atoms with E-state index in [1.807, 2.05) is 54.3 Å². The average Bonchev–Trinajstić information content (AvgIpc) is 3.85. The normalized spacial score (nSPS) is 13.6. The fraction of sp³-hybridized carbons (Fsp3) is 0.0455. The van der Waals surface area contributed by atoms with E-state index in [9.17, 15) is 0 Å². The third kappa shape index (κ3) is 4.28. The predicted molar refractivity (Wildman–Crippen MR) is 211 cm³/mol. The summed E-state index contributed by atoms with van der Waals surface area (Å²) >= 11 is 1.84. The monoisotopic (exact) mass is 672 g/mol. The molecule has 0 amide bonds. The van der Waals surface area contributed by atoms with Gasteiger partial charge in [0.1, 0.15) is 0 Å². The molecule has 0 saturated carbocycles. The number of thiophene rings is 1. The van der Waals surface area contributed by atoms with Gasteiger partial charge in [0.15, 0.2) is 5.82 Å². The van der Waals surface area contributed by atoms with Gasteiger partial charge in [0.2, 0.25) is 0 Å². The van der Waals surface area contributed by atoms with Gasteiger partial charge in [0, 0.05) is 72.7 Å². The Morgan fingerprint density at radius 1 is 0.451 bits per heavy atom. The van der Waals surface area contributed by atoms with Gasteiger partial charge < -0.3 is 9.13 Å². The minimum absolute atomic E-state index is 0.762. The van der Waals surface area contributed by atoms with Crippen molar-refractivity contribution in [3.63, 3.8) is 0 Å². The first-order valence-corrected chi connectivity index (χ1v) is 18.0. The molecule has 0 radical (unpaired) electrons. The van der Waals surface area contributed by atoms with Gasteiger partial charge in [-0.1, -0.05) is 36.4 Å². The number of nitrogens with zero attached hydrogens (tertiary/aromatic N) is 6. The van der Waals surface area contributed by atoms with Gasteiger partial charge in [0.25, 0.3) is 0 Å². The first-order valence-electron chi connectivity index (χ1n) is 17.2. The zero-order chi connectivity index (χ0) is 33.5. The SMILES string of the molecule is C1=C(c2ccc3c(c2)c2ncccc2n3-c2ccc3sc4ccc(-n5c6ccccc6c6ncccc65)cc4c3c2)C(c2ncccn2)=CCC1. The summed E-state index contributed by atoms with van der Waals surface area (Å²) in [6.07, 6.45) is 14.0. The lowest BCUT2D eigenvalue weighted by atomic mass is 9.90. The van der Waals surface area contributed by atoms with E-state index in [0.29, 0.717) is 0 Å². The van der Waals surface area contributed by atoms with Crippen LogP contribution in [-0.4, -0.2) is 29.1 Å². The molecule has 11 rings (SSSR count). The number of hydrogen-bond donors (Lipinski definition) is 0. The second kappa shape index (κ2) is 11.0. The van der Waals surface area contributed by atoms with Crippen molar-refractivity contribution in [3.8, 4) is 11.4 Å². The quantitative estimate of drug-likeness (QED) is 0.187. The van der Waals surface area contributed by atoms with E-state index in [-0.39, 0.29) is 0 Å². The first kappa shape index (κ1) is 28.4. The molecule has 4 aromatic carbocycles. The summed E-state index contributed by atoms with van der Waals surface area (Å²) < 4.78 is 7.24. The van der Waals surface area contributed by atoms with Crippen molar-refractivity contribution >= 4 is 86.5 Å². The highest BCUT2D eigenvalue weighted by atomic mass is 32.1. The van der Waals surface area contributed by atoms with Crippen molar-refractivity contribution in [2.24, 2.45) is 0 Å². The van der Waals surface area contributed by atoms with Crippen molar-refractivity contribution in [1.82, 2.24) is 29.1 Å².